The van der Waals surface area contributed by atoms with Crippen molar-refractivity contribution in [2.24, 2.45) is 5.92 Å². The molecule has 1 heterocycles. The third-order valence-electron chi connectivity index (χ3n) is 6.19. The second kappa shape index (κ2) is 6.32. The summed E-state index contributed by atoms with van der Waals surface area (Å²) < 4.78 is 5.37. The number of fused-ring (bicyclic) bond motifs is 1. The van der Waals surface area contributed by atoms with Gasteiger partial charge in [0, 0.05) is 24.0 Å². The Morgan fingerprint density at radius 2 is 2.08 bits per heavy atom. The van der Waals surface area contributed by atoms with Gasteiger partial charge >= 0.3 is 0 Å². The number of benzene rings is 1. The highest BCUT2D eigenvalue weighted by Crippen LogP contribution is 2.48. The predicted molar refractivity (Wildman–Crippen MR) is 95.3 cm³/mol. The Morgan fingerprint density at radius 3 is 2.80 bits per heavy atom. The van der Waals surface area contributed by atoms with Gasteiger partial charge in [-0.3, -0.25) is 14.5 Å². The molecule has 4 nitrogen and oxygen atoms in total. The Hall–Kier alpha value is -2.10. The lowest BCUT2D eigenvalue weighted by molar-refractivity contribution is -0.148. The smallest absolute Gasteiger partial charge is 0.256 e. The van der Waals surface area contributed by atoms with E-state index in [1.165, 1.54) is 11.3 Å². The molecule has 0 N–H and O–H groups in total. The molecular formula is C21H25NO3. The third kappa shape index (κ3) is 2.68. The standard InChI is InChI=1S/C21H25NO3/c1-25-17-9-5-8-16(12-17)21-11-3-2-10-18(21)20(24)22(19(23)13-21)14-15-6-4-7-15/h5,8-10,12,15H,2-4,6-7,11,13-14H2,1H3. The normalized spacial score (nSPS) is 26.8. The molecule has 1 unspecified atom stereocenters. The molecule has 1 aromatic rings. The Morgan fingerprint density at radius 1 is 1.24 bits per heavy atom. The summed E-state index contributed by atoms with van der Waals surface area (Å²) in [6.45, 7) is 0.600. The van der Waals surface area contributed by atoms with Crippen LogP contribution < -0.4 is 4.74 Å². The van der Waals surface area contributed by atoms with Crippen LogP contribution >= 0.6 is 0 Å². The molecule has 3 aliphatic rings. The van der Waals surface area contributed by atoms with Crippen LogP contribution in [-0.4, -0.2) is 30.4 Å². The monoisotopic (exact) mass is 339 g/mol. The van der Waals surface area contributed by atoms with E-state index in [1.807, 2.05) is 24.3 Å². The Bertz CT molecular complexity index is 734. The molecule has 4 rings (SSSR count). The van der Waals surface area contributed by atoms with E-state index in [4.69, 9.17) is 4.74 Å². The topological polar surface area (TPSA) is 46.6 Å². The van der Waals surface area contributed by atoms with Gasteiger partial charge in [0.05, 0.1) is 7.11 Å². The van der Waals surface area contributed by atoms with Gasteiger partial charge in [0.2, 0.25) is 5.91 Å². The van der Waals surface area contributed by atoms with E-state index in [0.29, 0.717) is 18.9 Å². The minimum atomic E-state index is -0.475. The molecule has 2 amide bonds. The number of hydrogen-bond acceptors (Lipinski definition) is 3. The molecule has 0 bridgehead atoms. The highest BCUT2D eigenvalue weighted by Gasteiger charge is 2.50. The zero-order chi connectivity index (χ0) is 17.4. The molecule has 1 saturated heterocycles. The van der Waals surface area contributed by atoms with Crippen molar-refractivity contribution in [1.29, 1.82) is 0 Å². The summed E-state index contributed by atoms with van der Waals surface area (Å²) in [5.41, 5.74) is 1.38. The van der Waals surface area contributed by atoms with E-state index in [0.717, 1.165) is 49.0 Å². The zero-order valence-electron chi connectivity index (χ0n) is 14.8. The van der Waals surface area contributed by atoms with Crippen molar-refractivity contribution in [1.82, 2.24) is 4.90 Å². The average Bonchev–Trinajstić information content (AvgIpc) is 2.60. The molecule has 2 aliphatic carbocycles. The first-order valence-corrected chi connectivity index (χ1v) is 9.34. The second-order valence-corrected chi connectivity index (χ2v) is 7.61. The second-order valence-electron chi connectivity index (χ2n) is 7.61. The number of hydrogen-bond donors (Lipinski definition) is 0. The molecule has 1 atom stereocenters. The Labute approximate surface area is 148 Å². The van der Waals surface area contributed by atoms with E-state index >= 15 is 0 Å². The van der Waals surface area contributed by atoms with Crippen LogP contribution in [0, 0.1) is 5.92 Å². The number of nitrogens with zero attached hydrogens (tertiary/aromatic N) is 1. The summed E-state index contributed by atoms with van der Waals surface area (Å²) >= 11 is 0. The number of rotatable bonds is 4. The number of likely N-dealkylation sites (tertiary alicyclic amines) is 1. The Balaban J connectivity index is 1.71. The van der Waals surface area contributed by atoms with Crippen LogP contribution in [0.2, 0.25) is 0 Å². The van der Waals surface area contributed by atoms with E-state index in [2.05, 4.69) is 6.08 Å². The molecule has 132 valence electrons. The van der Waals surface area contributed by atoms with Crippen molar-refractivity contribution >= 4 is 11.8 Å². The number of carbonyl (C=O) groups is 2. The molecule has 0 aromatic heterocycles. The molecule has 0 radical (unpaired) electrons. The van der Waals surface area contributed by atoms with Gasteiger partial charge in [-0.25, -0.2) is 0 Å². The largest absolute Gasteiger partial charge is 0.497 e. The van der Waals surface area contributed by atoms with Gasteiger partial charge in [-0.2, -0.15) is 0 Å². The molecule has 25 heavy (non-hydrogen) atoms. The number of piperidine rings is 1. The van der Waals surface area contributed by atoms with Gasteiger partial charge in [0.1, 0.15) is 5.75 Å². The van der Waals surface area contributed by atoms with E-state index in [-0.39, 0.29) is 11.8 Å². The zero-order valence-corrected chi connectivity index (χ0v) is 14.8. The molecule has 0 spiro atoms. The summed E-state index contributed by atoms with van der Waals surface area (Å²) in [5, 5.41) is 0. The van der Waals surface area contributed by atoms with Crippen LogP contribution in [-0.2, 0) is 15.0 Å². The Kier molecular flexibility index (Phi) is 4.14. The van der Waals surface area contributed by atoms with Crippen LogP contribution in [0.5, 0.6) is 5.75 Å². The lowest BCUT2D eigenvalue weighted by atomic mass is 9.63. The maximum Gasteiger partial charge on any atom is 0.256 e. The van der Waals surface area contributed by atoms with Gasteiger partial charge in [0.15, 0.2) is 0 Å². The highest BCUT2D eigenvalue weighted by atomic mass is 16.5. The number of amides is 2. The van der Waals surface area contributed by atoms with Crippen molar-refractivity contribution in [2.45, 2.75) is 50.4 Å². The fraction of sp³-hybridized carbons (Fsp3) is 0.524. The van der Waals surface area contributed by atoms with Gasteiger partial charge in [0.25, 0.3) is 5.91 Å². The highest BCUT2D eigenvalue weighted by molar-refractivity contribution is 6.10. The lowest BCUT2D eigenvalue weighted by Crippen LogP contribution is -2.54. The quantitative estimate of drug-likeness (QED) is 0.788. The van der Waals surface area contributed by atoms with Crippen molar-refractivity contribution in [3.8, 4) is 5.75 Å². The lowest BCUT2D eigenvalue weighted by Gasteiger charge is -2.45. The van der Waals surface area contributed by atoms with Gasteiger partial charge in [-0.1, -0.05) is 24.6 Å². The van der Waals surface area contributed by atoms with Crippen LogP contribution in [0.25, 0.3) is 0 Å². The van der Waals surface area contributed by atoms with Gasteiger partial charge in [-0.15, -0.1) is 0 Å². The van der Waals surface area contributed by atoms with E-state index in [9.17, 15) is 9.59 Å². The number of imide groups is 1. The fourth-order valence-electron chi connectivity index (χ4n) is 4.51. The number of methoxy groups -OCH3 is 1. The minimum Gasteiger partial charge on any atom is -0.497 e. The summed E-state index contributed by atoms with van der Waals surface area (Å²) in [4.78, 5) is 27.6. The predicted octanol–water partition coefficient (Wildman–Crippen LogP) is 3.60. The summed E-state index contributed by atoms with van der Waals surface area (Å²) in [5.74, 6) is 1.19. The first-order valence-electron chi connectivity index (χ1n) is 9.34. The molecule has 1 saturated carbocycles. The van der Waals surface area contributed by atoms with E-state index in [1.54, 1.807) is 7.11 Å². The average molecular weight is 339 g/mol. The van der Waals surface area contributed by atoms with Crippen LogP contribution in [0.1, 0.15) is 50.5 Å². The SMILES string of the molecule is COc1cccc(C23CCCC=C2C(=O)N(CC2CCC2)C(=O)C3)c1. The van der Waals surface area contributed by atoms with Crippen molar-refractivity contribution in [2.75, 3.05) is 13.7 Å². The first kappa shape index (κ1) is 16.4. The first-order chi connectivity index (χ1) is 12.1. The maximum absolute atomic E-state index is 13.2. The molecule has 1 aromatic carbocycles. The molecule has 4 heteroatoms. The molecule has 2 fully saturated rings. The van der Waals surface area contributed by atoms with Crippen molar-refractivity contribution in [3.05, 3.63) is 41.5 Å². The van der Waals surface area contributed by atoms with Crippen LogP contribution in [0.15, 0.2) is 35.9 Å². The van der Waals surface area contributed by atoms with Crippen molar-refractivity contribution in [3.63, 3.8) is 0 Å². The number of carbonyl (C=O) groups excluding carboxylic acids is 2. The van der Waals surface area contributed by atoms with Crippen molar-refractivity contribution < 1.29 is 14.3 Å². The van der Waals surface area contributed by atoms with Gasteiger partial charge < -0.3 is 4.74 Å². The molecular weight excluding hydrogens is 314 g/mol. The maximum atomic E-state index is 13.2. The fourth-order valence-corrected chi connectivity index (χ4v) is 4.51. The van der Waals surface area contributed by atoms with Crippen LogP contribution in [0.3, 0.4) is 0 Å². The number of ether oxygens (including phenoxy) is 1. The summed E-state index contributed by atoms with van der Waals surface area (Å²) in [6, 6.07) is 7.87. The summed E-state index contributed by atoms with van der Waals surface area (Å²) in [7, 11) is 1.64. The molecule has 1 aliphatic heterocycles. The summed E-state index contributed by atoms with van der Waals surface area (Å²) in [6.07, 6.45) is 8.73. The minimum absolute atomic E-state index is 0.0150. The number of allylic oxidation sites excluding steroid dienone is 1. The van der Waals surface area contributed by atoms with Crippen LogP contribution in [0.4, 0.5) is 0 Å². The van der Waals surface area contributed by atoms with E-state index < -0.39 is 5.41 Å². The third-order valence-corrected chi connectivity index (χ3v) is 6.19. The van der Waals surface area contributed by atoms with Gasteiger partial charge in [-0.05, 0) is 55.7 Å².